The molecule has 0 N–H and O–H groups in total. The molecule has 10 heteroatoms. The summed E-state index contributed by atoms with van der Waals surface area (Å²) in [5.41, 5.74) is 1.80. The maximum Gasteiger partial charge on any atom is 0.307 e. The Morgan fingerprint density at radius 3 is 2.31 bits per heavy atom. The lowest BCUT2D eigenvalue weighted by Gasteiger charge is -2.70. The second kappa shape index (κ2) is 17.8. The number of anilines is 1. The Morgan fingerprint density at radius 2 is 1.73 bits per heavy atom. The van der Waals surface area contributed by atoms with Crippen LogP contribution in [0, 0.1) is 50.7 Å². The molecule has 1 aromatic heterocycles. The zero-order valence-electron chi connectivity index (χ0n) is 38.8. The molecule has 0 bridgehead atoms. The second-order valence-corrected chi connectivity index (χ2v) is 20.7. The molecule has 8 atom stereocenters. The number of hydrogen-bond acceptors (Lipinski definition) is 10. The number of likely N-dealkylation sites (N-methyl/N-ethyl adjacent to an activating group) is 1. The van der Waals surface area contributed by atoms with Gasteiger partial charge in [-0.05, 0) is 141 Å². The van der Waals surface area contributed by atoms with Crippen LogP contribution >= 0.6 is 0 Å². The lowest BCUT2D eigenvalue weighted by molar-refractivity contribution is -0.186. The van der Waals surface area contributed by atoms with E-state index in [1.807, 2.05) is 24.2 Å². The van der Waals surface area contributed by atoms with Crippen molar-refractivity contribution in [2.75, 3.05) is 46.4 Å². The minimum Gasteiger partial charge on any atom is -0.495 e. The number of hydrazine groups is 1. The van der Waals surface area contributed by atoms with Crippen LogP contribution in [0.1, 0.15) is 133 Å². The van der Waals surface area contributed by atoms with Gasteiger partial charge in [0.15, 0.2) is 5.78 Å². The number of aromatic nitrogens is 1. The van der Waals surface area contributed by atoms with Crippen LogP contribution in [0.15, 0.2) is 41.2 Å². The number of pyridine rings is 1. The molecule has 10 nitrogen and oxygen atoms in total. The summed E-state index contributed by atoms with van der Waals surface area (Å²) in [7, 11) is 7.75. The van der Waals surface area contributed by atoms with Crippen molar-refractivity contribution < 1.29 is 28.7 Å². The molecule has 0 radical (unpaired) electrons. The van der Waals surface area contributed by atoms with E-state index in [0.717, 1.165) is 94.0 Å². The molecule has 3 fully saturated rings. The van der Waals surface area contributed by atoms with Gasteiger partial charge in [-0.15, -0.1) is 0 Å². The van der Waals surface area contributed by atoms with E-state index in [-0.39, 0.29) is 52.4 Å². The summed E-state index contributed by atoms with van der Waals surface area (Å²) in [6.45, 7) is 21.4. The Balaban J connectivity index is 1.54. The van der Waals surface area contributed by atoms with Gasteiger partial charge in [0.25, 0.3) is 0 Å². The van der Waals surface area contributed by atoms with Gasteiger partial charge in [0.1, 0.15) is 30.2 Å². The third kappa shape index (κ3) is 8.55. The number of rotatable bonds is 18. The third-order valence-electron chi connectivity index (χ3n) is 16.3. The summed E-state index contributed by atoms with van der Waals surface area (Å²) in [5, 5.41) is 4.26. The first kappa shape index (κ1) is 46.5. The number of ketones is 1. The SMILES string of the molecule is CCC(CCC1(C)C(C)CCC2(C)C1CCC1C3=C(C(C)C)C(=O)CC3(/C(=C/C=O)N(CCN(C)C)N(C)c3ccc(OC)cn3)CC[C@]12C)OC(=O)CC(C)(C)C=O. The Kier molecular flexibility index (Phi) is 14.1. The van der Waals surface area contributed by atoms with Crippen molar-refractivity contribution in [2.24, 2.45) is 50.7 Å². The van der Waals surface area contributed by atoms with E-state index in [9.17, 15) is 19.2 Å². The van der Waals surface area contributed by atoms with Crippen molar-refractivity contribution in [1.29, 1.82) is 0 Å². The monoisotopic (exact) mass is 817 g/mol. The summed E-state index contributed by atoms with van der Waals surface area (Å²) in [6, 6.07) is 3.84. The first-order chi connectivity index (χ1) is 27.7. The van der Waals surface area contributed by atoms with E-state index in [0.29, 0.717) is 30.6 Å². The van der Waals surface area contributed by atoms with Crippen molar-refractivity contribution in [3.8, 4) is 5.75 Å². The van der Waals surface area contributed by atoms with E-state index < -0.39 is 10.8 Å². The van der Waals surface area contributed by atoms with Crippen molar-refractivity contribution in [2.45, 2.75) is 139 Å². The highest BCUT2D eigenvalue weighted by Gasteiger charge is 2.68. The molecule has 0 aromatic carbocycles. The zero-order chi connectivity index (χ0) is 43.7. The fourth-order valence-corrected chi connectivity index (χ4v) is 12.4. The van der Waals surface area contributed by atoms with Crippen molar-refractivity contribution in [3.05, 3.63) is 41.2 Å². The minimum atomic E-state index is -0.737. The highest BCUT2D eigenvalue weighted by Crippen LogP contribution is 2.75. The molecule has 0 amide bonds. The summed E-state index contributed by atoms with van der Waals surface area (Å²) >= 11 is 0. The maximum absolute atomic E-state index is 14.6. The van der Waals surface area contributed by atoms with Crippen molar-refractivity contribution in [3.63, 3.8) is 0 Å². The Morgan fingerprint density at radius 1 is 1.02 bits per heavy atom. The van der Waals surface area contributed by atoms with Crippen molar-refractivity contribution >= 4 is 30.1 Å². The van der Waals surface area contributed by atoms with Crippen LogP contribution in [0.3, 0.4) is 0 Å². The van der Waals surface area contributed by atoms with Crippen LogP contribution in [-0.2, 0) is 23.9 Å². The van der Waals surface area contributed by atoms with Crippen LogP contribution in [0.4, 0.5) is 5.82 Å². The minimum absolute atomic E-state index is 0.0133. The summed E-state index contributed by atoms with van der Waals surface area (Å²) < 4.78 is 11.5. The van der Waals surface area contributed by atoms with Gasteiger partial charge >= 0.3 is 5.97 Å². The molecule has 4 aliphatic rings. The van der Waals surface area contributed by atoms with Gasteiger partial charge in [-0.2, -0.15) is 0 Å². The average molecular weight is 817 g/mol. The molecule has 4 aliphatic carbocycles. The fraction of sp³-hybridized carbons (Fsp3) is 0.735. The van der Waals surface area contributed by atoms with Crippen molar-refractivity contribution in [1.82, 2.24) is 14.9 Å². The van der Waals surface area contributed by atoms with E-state index in [1.54, 1.807) is 33.2 Å². The molecule has 1 heterocycles. The van der Waals surface area contributed by atoms with Gasteiger partial charge in [-0.1, -0.05) is 62.3 Å². The molecule has 0 aliphatic heterocycles. The largest absolute Gasteiger partial charge is 0.495 e. The van der Waals surface area contributed by atoms with Gasteiger partial charge in [0, 0.05) is 36.5 Å². The Labute approximate surface area is 355 Å². The number of methoxy groups -OCH3 is 1. The zero-order valence-corrected chi connectivity index (χ0v) is 38.8. The van der Waals surface area contributed by atoms with Crippen LogP contribution in [0.2, 0.25) is 0 Å². The first-order valence-corrected chi connectivity index (χ1v) is 22.4. The molecule has 328 valence electrons. The standard InChI is InChI=1S/C49H76N4O6/c1-14-35(59-42(57)30-45(5,6)32-55)20-22-46(7)34(4)19-23-48(9)39(46)17-16-37-44-43(33(2)3)38(56)29-49(44,25-24-47(37,48)8)40(21-28-54)53(27-26-51(10)11)52(12)41-18-15-36(58-13)31-50-41/h15,18,21,28,31-35,37,39H,14,16-17,19-20,22-27,29-30H2,1-13H3/b40-21-/t34?,35?,37?,39?,46?,47-,48?,49?/m1/s1. The van der Waals surface area contributed by atoms with E-state index in [1.165, 1.54) is 5.57 Å². The highest BCUT2D eigenvalue weighted by molar-refractivity contribution is 6.01. The van der Waals surface area contributed by atoms with E-state index >= 15 is 0 Å². The normalized spacial score (nSPS) is 31.3. The van der Waals surface area contributed by atoms with Crippen LogP contribution in [0.25, 0.3) is 0 Å². The summed E-state index contributed by atoms with van der Waals surface area (Å²) in [5.74, 6) is 2.55. The number of hydrogen-bond donors (Lipinski definition) is 0. The van der Waals surface area contributed by atoms with Gasteiger partial charge in [0.2, 0.25) is 0 Å². The van der Waals surface area contributed by atoms with Gasteiger partial charge in [-0.25, -0.2) is 4.98 Å². The molecule has 1 aromatic rings. The topological polar surface area (TPSA) is 109 Å². The third-order valence-corrected chi connectivity index (χ3v) is 16.3. The van der Waals surface area contributed by atoms with Crippen LogP contribution in [-0.4, -0.2) is 86.7 Å². The smallest absolute Gasteiger partial charge is 0.307 e. The molecule has 0 spiro atoms. The predicted molar refractivity (Wildman–Crippen MR) is 235 cm³/mol. The Bertz CT molecular complexity index is 1770. The maximum atomic E-state index is 14.6. The first-order valence-electron chi connectivity index (χ1n) is 22.4. The summed E-state index contributed by atoms with van der Waals surface area (Å²) in [6.07, 6.45) is 14.1. The van der Waals surface area contributed by atoms with Gasteiger partial charge in [0.05, 0.1) is 26.3 Å². The molecule has 5 rings (SSSR count). The predicted octanol–water partition coefficient (Wildman–Crippen LogP) is 9.29. The number of nitrogens with zero attached hydrogens (tertiary/aromatic N) is 4. The van der Waals surface area contributed by atoms with Crippen LogP contribution < -0.4 is 9.75 Å². The summed E-state index contributed by atoms with van der Waals surface area (Å²) in [4.78, 5) is 58.9. The Hall–Kier alpha value is -3.53. The number of esters is 1. The number of carbonyl (C=O) groups excluding carboxylic acids is 4. The number of ether oxygens (including phenoxy) is 2. The van der Waals surface area contributed by atoms with Gasteiger partial charge in [-0.3, -0.25) is 24.4 Å². The highest BCUT2D eigenvalue weighted by atomic mass is 16.5. The molecule has 59 heavy (non-hydrogen) atoms. The quantitative estimate of drug-likeness (QED) is 0.0616. The van der Waals surface area contributed by atoms with E-state index in [2.05, 4.69) is 72.5 Å². The number of Topliss-reactive ketones (excluding diaryl/α,β-unsaturated/α-hetero) is 1. The fourth-order valence-electron chi connectivity index (χ4n) is 12.4. The number of allylic oxidation sites excluding steroid dienone is 3. The molecule has 0 saturated heterocycles. The second-order valence-electron chi connectivity index (χ2n) is 20.7. The molecule has 7 unspecified atom stereocenters. The molecular formula is C49H76N4O6. The number of carbonyl (C=O) groups is 4. The molecular weight excluding hydrogens is 741 g/mol. The number of aldehydes is 2. The lowest BCUT2D eigenvalue weighted by Crippen LogP contribution is -2.62. The number of fused-ring (bicyclic) bond motifs is 5. The van der Waals surface area contributed by atoms with Crippen LogP contribution in [0.5, 0.6) is 5.75 Å². The van der Waals surface area contributed by atoms with E-state index in [4.69, 9.17) is 14.5 Å². The lowest BCUT2D eigenvalue weighted by atomic mass is 9.35. The molecule has 3 saturated carbocycles. The van der Waals surface area contributed by atoms with Gasteiger partial charge < -0.3 is 19.2 Å². The average Bonchev–Trinajstić information content (AvgIpc) is 3.50.